The molecule has 3 fully saturated rings. The molecule has 6 atom stereocenters. The molecule has 0 bridgehead atoms. The summed E-state index contributed by atoms with van der Waals surface area (Å²) >= 11 is 14.5. The van der Waals surface area contributed by atoms with Crippen molar-refractivity contribution in [3.8, 4) is 5.75 Å². The van der Waals surface area contributed by atoms with Gasteiger partial charge >= 0.3 is 5.97 Å². The second-order valence-electron chi connectivity index (χ2n) is 11.2. The molecule has 4 amide bonds. The van der Waals surface area contributed by atoms with Gasteiger partial charge in [0.15, 0.2) is 9.75 Å². The highest BCUT2D eigenvalue weighted by atomic mass is 35.5. The van der Waals surface area contributed by atoms with E-state index in [2.05, 4.69) is 0 Å². The van der Waals surface area contributed by atoms with Gasteiger partial charge in [0.2, 0.25) is 11.8 Å². The summed E-state index contributed by atoms with van der Waals surface area (Å²) in [6, 6.07) is 10.7. The zero-order valence-electron chi connectivity index (χ0n) is 22.0. The molecule has 0 radical (unpaired) electrons. The van der Waals surface area contributed by atoms with Crippen molar-refractivity contribution < 1.29 is 38.6 Å². The summed E-state index contributed by atoms with van der Waals surface area (Å²) in [5, 5.41) is 19.0. The zero-order chi connectivity index (χ0) is 30.1. The number of aromatic hydroxyl groups is 1. The maximum atomic E-state index is 14.2. The molecular formula is C30H25Cl2FN2O7. The molecule has 0 unspecified atom stereocenters. The van der Waals surface area contributed by atoms with Gasteiger partial charge in [0.1, 0.15) is 11.6 Å². The molecule has 9 nitrogen and oxygen atoms in total. The van der Waals surface area contributed by atoms with Crippen molar-refractivity contribution in [1.82, 2.24) is 4.90 Å². The van der Waals surface area contributed by atoms with Gasteiger partial charge in [-0.1, -0.05) is 23.8 Å². The second-order valence-corrected chi connectivity index (χ2v) is 12.4. The molecule has 2 heterocycles. The lowest BCUT2D eigenvalue weighted by Gasteiger charge is -2.50. The number of alkyl halides is 2. The summed E-state index contributed by atoms with van der Waals surface area (Å²) in [5.74, 6) is -7.56. The predicted molar refractivity (Wildman–Crippen MR) is 148 cm³/mol. The number of carbonyl (C=O) groups is 5. The SMILES string of the molecule is O=C(O)CCCN1C(=O)[C@H]2[C@H](CC=C3[C@H]2C[C@@]2(Cl)C(=O)N(c4ccc(F)cc4)C(=O)[C@@]2(Cl)[C@H]3c2ccc(O)cc2)C1=O. The normalized spacial score (nSPS) is 32.0. The van der Waals surface area contributed by atoms with Crippen LogP contribution in [0.25, 0.3) is 0 Å². The molecule has 2 aromatic rings. The number of benzene rings is 2. The van der Waals surface area contributed by atoms with Gasteiger partial charge in [-0.15, -0.1) is 23.2 Å². The van der Waals surface area contributed by atoms with Gasteiger partial charge in [-0.25, -0.2) is 9.29 Å². The summed E-state index contributed by atoms with van der Waals surface area (Å²) < 4.78 is 13.7. The molecule has 2 aliphatic heterocycles. The monoisotopic (exact) mass is 614 g/mol. The number of imide groups is 2. The number of phenols is 1. The third kappa shape index (κ3) is 3.91. The number of carboxylic acids is 1. The Kier molecular flexibility index (Phi) is 6.69. The van der Waals surface area contributed by atoms with Gasteiger partial charge in [0.25, 0.3) is 11.8 Å². The van der Waals surface area contributed by atoms with Crippen LogP contribution in [-0.2, 0) is 24.0 Å². The number of phenolic OH excluding ortho intramolecular Hbond substituents is 1. The number of nitrogens with zero attached hydrogens (tertiary/aromatic N) is 2. The number of anilines is 1. The van der Waals surface area contributed by atoms with Crippen molar-refractivity contribution in [2.75, 3.05) is 11.4 Å². The topological polar surface area (TPSA) is 132 Å². The van der Waals surface area contributed by atoms with Crippen LogP contribution in [0.2, 0.25) is 0 Å². The molecule has 2 saturated heterocycles. The molecule has 42 heavy (non-hydrogen) atoms. The molecule has 6 rings (SSSR count). The van der Waals surface area contributed by atoms with E-state index in [1.165, 1.54) is 24.3 Å². The lowest BCUT2D eigenvalue weighted by Crippen LogP contribution is -2.60. The van der Waals surface area contributed by atoms with Crippen molar-refractivity contribution in [3.05, 3.63) is 71.6 Å². The molecule has 2 N–H and O–H groups in total. The summed E-state index contributed by atoms with van der Waals surface area (Å²) in [6.45, 7) is -0.0539. The highest BCUT2D eigenvalue weighted by molar-refractivity contribution is 6.58. The van der Waals surface area contributed by atoms with Gasteiger partial charge < -0.3 is 10.2 Å². The van der Waals surface area contributed by atoms with Gasteiger partial charge in [-0.3, -0.25) is 28.9 Å². The lowest BCUT2D eigenvalue weighted by atomic mass is 9.56. The van der Waals surface area contributed by atoms with Crippen LogP contribution in [0.4, 0.5) is 10.1 Å². The van der Waals surface area contributed by atoms with Crippen LogP contribution >= 0.6 is 23.2 Å². The van der Waals surface area contributed by atoms with Gasteiger partial charge in [-0.2, -0.15) is 0 Å². The van der Waals surface area contributed by atoms with Crippen LogP contribution < -0.4 is 4.90 Å². The van der Waals surface area contributed by atoms with Gasteiger partial charge in [0, 0.05) is 18.9 Å². The Morgan fingerprint density at radius 1 is 0.952 bits per heavy atom. The van der Waals surface area contributed by atoms with E-state index < -0.39 is 68.8 Å². The van der Waals surface area contributed by atoms with Crippen LogP contribution in [-0.4, -0.2) is 61.0 Å². The Balaban J connectivity index is 1.47. The summed E-state index contributed by atoms with van der Waals surface area (Å²) in [6.07, 6.45) is 1.63. The van der Waals surface area contributed by atoms with E-state index in [-0.39, 0.29) is 43.7 Å². The Hall–Kier alpha value is -3.76. The minimum Gasteiger partial charge on any atom is -0.508 e. The molecule has 2 aliphatic carbocycles. The predicted octanol–water partition coefficient (Wildman–Crippen LogP) is 3.96. The first-order chi connectivity index (χ1) is 19.9. The zero-order valence-corrected chi connectivity index (χ0v) is 23.5. The van der Waals surface area contributed by atoms with Crippen LogP contribution in [0.1, 0.15) is 37.2 Å². The maximum Gasteiger partial charge on any atom is 0.303 e. The molecule has 218 valence electrons. The van der Waals surface area contributed by atoms with Crippen molar-refractivity contribution in [1.29, 1.82) is 0 Å². The van der Waals surface area contributed by atoms with Crippen molar-refractivity contribution in [2.45, 2.75) is 41.3 Å². The summed E-state index contributed by atoms with van der Waals surface area (Å²) in [4.78, 5) is 64.2. The number of aliphatic carboxylic acids is 1. The smallest absolute Gasteiger partial charge is 0.303 e. The fraction of sp³-hybridized carbons (Fsp3) is 0.367. The average Bonchev–Trinajstić information content (AvgIpc) is 3.28. The van der Waals surface area contributed by atoms with E-state index >= 15 is 0 Å². The standard InChI is InChI=1S/C30H25Cl2FN2O7/c31-29-14-21-19(11-12-20-23(21)26(40)34(25(20)39)13-1-2-22(37)38)24(15-3-9-18(36)10-4-15)30(29,32)28(42)35(27(29)41)17-7-5-16(33)6-8-17/h3-11,20-21,23-24,36H,1-2,12-14H2,(H,37,38)/t20-,21+,23-,24-,29+,30-/m0/s1. The number of amides is 4. The number of likely N-dealkylation sites (tertiary alicyclic amines) is 1. The largest absolute Gasteiger partial charge is 0.508 e. The number of fused-ring (bicyclic) bond motifs is 4. The number of rotatable bonds is 6. The number of allylic oxidation sites excluding steroid dienone is 2. The molecule has 2 aromatic carbocycles. The van der Waals surface area contributed by atoms with Crippen molar-refractivity contribution in [3.63, 3.8) is 0 Å². The molecule has 4 aliphatic rings. The Morgan fingerprint density at radius 3 is 2.26 bits per heavy atom. The first kappa shape index (κ1) is 28.4. The van der Waals surface area contributed by atoms with Crippen molar-refractivity contribution in [2.24, 2.45) is 17.8 Å². The first-order valence-electron chi connectivity index (χ1n) is 13.5. The number of hydrogen-bond donors (Lipinski definition) is 2. The van der Waals surface area contributed by atoms with E-state index in [4.69, 9.17) is 28.3 Å². The Morgan fingerprint density at radius 2 is 1.62 bits per heavy atom. The Labute approximate surface area is 249 Å². The van der Waals surface area contributed by atoms with Gasteiger partial charge in [0.05, 0.1) is 17.5 Å². The van der Waals surface area contributed by atoms with Gasteiger partial charge in [-0.05, 0) is 67.1 Å². The average molecular weight is 615 g/mol. The highest BCUT2D eigenvalue weighted by Gasteiger charge is 2.76. The minimum absolute atomic E-state index is 0.0418. The summed E-state index contributed by atoms with van der Waals surface area (Å²) in [7, 11) is 0. The van der Waals surface area contributed by atoms with Crippen LogP contribution in [0.15, 0.2) is 60.2 Å². The molecule has 12 heteroatoms. The van der Waals surface area contributed by atoms with E-state index in [1.54, 1.807) is 18.2 Å². The van der Waals surface area contributed by atoms with Crippen LogP contribution in [0, 0.1) is 23.6 Å². The van der Waals surface area contributed by atoms with E-state index in [1.807, 2.05) is 0 Å². The number of halogens is 3. The molecular weight excluding hydrogens is 590 g/mol. The number of carboxylic acid groups (broad SMARTS) is 1. The van der Waals surface area contributed by atoms with E-state index in [0.29, 0.717) is 11.1 Å². The third-order valence-electron chi connectivity index (χ3n) is 8.99. The fourth-order valence-electron chi connectivity index (χ4n) is 7.11. The fourth-order valence-corrected chi connectivity index (χ4v) is 8.05. The van der Waals surface area contributed by atoms with E-state index in [0.717, 1.165) is 21.9 Å². The quantitative estimate of drug-likeness (QED) is 0.286. The lowest BCUT2D eigenvalue weighted by molar-refractivity contribution is -0.142. The van der Waals surface area contributed by atoms with Crippen LogP contribution in [0.5, 0.6) is 5.75 Å². The van der Waals surface area contributed by atoms with Crippen LogP contribution in [0.3, 0.4) is 0 Å². The molecule has 0 spiro atoms. The molecule has 0 aromatic heterocycles. The number of carbonyl (C=O) groups excluding carboxylic acids is 4. The maximum absolute atomic E-state index is 14.2. The Bertz CT molecular complexity index is 1560. The van der Waals surface area contributed by atoms with Crippen molar-refractivity contribution >= 4 is 58.5 Å². The first-order valence-corrected chi connectivity index (χ1v) is 14.2. The third-order valence-corrected chi connectivity index (χ3v) is 10.4. The minimum atomic E-state index is -2.06. The number of hydrogen-bond acceptors (Lipinski definition) is 6. The summed E-state index contributed by atoms with van der Waals surface area (Å²) in [5.41, 5.74) is 1.14. The van der Waals surface area contributed by atoms with E-state index in [9.17, 15) is 33.5 Å². The second kappa shape index (κ2) is 9.91. The highest BCUT2D eigenvalue weighted by Crippen LogP contribution is 2.65. The molecule has 1 saturated carbocycles.